The van der Waals surface area contributed by atoms with Crippen molar-refractivity contribution in [2.75, 3.05) is 17.7 Å². The minimum atomic E-state index is -0.305. The fourth-order valence-corrected chi connectivity index (χ4v) is 1.16. The molecule has 0 atom stereocenters. The first-order valence-electron chi connectivity index (χ1n) is 4.65. The lowest BCUT2D eigenvalue weighted by Gasteiger charge is -2.03. The van der Waals surface area contributed by atoms with Crippen LogP contribution < -0.4 is 10.6 Å². The highest BCUT2D eigenvalue weighted by atomic mass is 16.5. The van der Waals surface area contributed by atoms with Crippen molar-refractivity contribution >= 4 is 17.4 Å². The minimum absolute atomic E-state index is 0.305. The van der Waals surface area contributed by atoms with E-state index in [4.69, 9.17) is 0 Å². The second kappa shape index (κ2) is 4.43. The normalized spacial score (nSPS) is 9.81. The van der Waals surface area contributed by atoms with E-state index in [9.17, 15) is 4.79 Å². The quantitative estimate of drug-likeness (QED) is 0.813. The topological polar surface area (TPSA) is 80.0 Å². The summed E-state index contributed by atoms with van der Waals surface area (Å²) >= 11 is 0. The van der Waals surface area contributed by atoms with Gasteiger partial charge in [-0.05, 0) is 12.1 Å². The third kappa shape index (κ3) is 2.17. The number of carbonyl (C=O) groups excluding carboxylic acids is 1. The second-order valence-electron chi connectivity index (χ2n) is 3.03. The largest absolute Gasteiger partial charge is 0.373 e. The lowest BCUT2D eigenvalue weighted by molar-refractivity contribution is 0.102. The zero-order valence-corrected chi connectivity index (χ0v) is 8.60. The van der Waals surface area contributed by atoms with Crippen molar-refractivity contribution < 1.29 is 9.32 Å². The zero-order chi connectivity index (χ0) is 11.4. The zero-order valence-electron chi connectivity index (χ0n) is 8.60. The molecule has 0 aliphatic rings. The molecule has 0 saturated heterocycles. The van der Waals surface area contributed by atoms with Crippen LogP contribution in [0.5, 0.6) is 0 Å². The SMILES string of the molecule is CNc1cccc(C(=O)Nc2cnoc2)n1. The number of anilines is 2. The van der Waals surface area contributed by atoms with Crippen molar-refractivity contribution in [1.29, 1.82) is 0 Å². The van der Waals surface area contributed by atoms with Gasteiger partial charge in [-0.3, -0.25) is 4.79 Å². The Labute approximate surface area is 91.7 Å². The van der Waals surface area contributed by atoms with Gasteiger partial charge >= 0.3 is 0 Å². The van der Waals surface area contributed by atoms with Crippen molar-refractivity contribution in [2.24, 2.45) is 0 Å². The van der Waals surface area contributed by atoms with Crippen LogP contribution in [0.3, 0.4) is 0 Å². The molecule has 6 nitrogen and oxygen atoms in total. The molecule has 1 amide bonds. The van der Waals surface area contributed by atoms with Gasteiger partial charge in [-0.25, -0.2) is 4.98 Å². The summed E-state index contributed by atoms with van der Waals surface area (Å²) in [7, 11) is 1.74. The standard InChI is InChI=1S/C10H10N4O2/c1-11-9-4-2-3-8(14-9)10(15)13-7-5-12-16-6-7/h2-6H,1H3,(H,11,14)(H,13,15). The van der Waals surface area contributed by atoms with Gasteiger partial charge in [0.25, 0.3) is 5.91 Å². The lowest BCUT2D eigenvalue weighted by atomic mass is 10.3. The van der Waals surface area contributed by atoms with Gasteiger partial charge in [0, 0.05) is 7.05 Å². The molecule has 2 N–H and O–H groups in total. The summed E-state index contributed by atoms with van der Waals surface area (Å²) in [5.41, 5.74) is 0.828. The summed E-state index contributed by atoms with van der Waals surface area (Å²) in [6, 6.07) is 5.15. The van der Waals surface area contributed by atoms with Crippen LogP contribution in [0, 0.1) is 0 Å². The third-order valence-electron chi connectivity index (χ3n) is 1.93. The van der Waals surface area contributed by atoms with E-state index < -0.39 is 0 Å². The van der Waals surface area contributed by atoms with Crippen molar-refractivity contribution in [3.63, 3.8) is 0 Å². The van der Waals surface area contributed by atoms with Gasteiger partial charge in [-0.1, -0.05) is 11.2 Å². The van der Waals surface area contributed by atoms with E-state index in [0.29, 0.717) is 17.2 Å². The summed E-state index contributed by atoms with van der Waals surface area (Å²) in [5, 5.41) is 8.94. The average molecular weight is 218 g/mol. The van der Waals surface area contributed by atoms with E-state index >= 15 is 0 Å². The fourth-order valence-electron chi connectivity index (χ4n) is 1.16. The smallest absolute Gasteiger partial charge is 0.274 e. The second-order valence-corrected chi connectivity index (χ2v) is 3.03. The van der Waals surface area contributed by atoms with Gasteiger partial charge in [0.1, 0.15) is 23.5 Å². The van der Waals surface area contributed by atoms with E-state index in [0.717, 1.165) is 0 Å². The molecule has 0 unspecified atom stereocenters. The molecule has 0 fully saturated rings. The molecule has 2 aromatic heterocycles. The van der Waals surface area contributed by atoms with E-state index in [1.54, 1.807) is 25.2 Å². The number of pyridine rings is 1. The Morgan fingerprint density at radius 3 is 3.00 bits per heavy atom. The molecule has 0 radical (unpaired) electrons. The number of carbonyl (C=O) groups is 1. The molecular weight excluding hydrogens is 208 g/mol. The number of nitrogens with zero attached hydrogens (tertiary/aromatic N) is 2. The molecule has 0 aliphatic carbocycles. The van der Waals surface area contributed by atoms with Crippen LogP contribution in [0.25, 0.3) is 0 Å². The van der Waals surface area contributed by atoms with Crippen LogP contribution in [-0.4, -0.2) is 23.1 Å². The number of hydrogen-bond donors (Lipinski definition) is 2. The van der Waals surface area contributed by atoms with Gasteiger partial charge in [-0.15, -0.1) is 0 Å². The lowest BCUT2D eigenvalue weighted by Crippen LogP contribution is -2.13. The van der Waals surface area contributed by atoms with E-state index in [1.165, 1.54) is 12.5 Å². The summed E-state index contributed by atoms with van der Waals surface area (Å²) in [6.07, 6.45) is 2.76. The maximum absolute atomic E-state index is 11.7. The maximum atomic E-state index is 11.7. The molecule has 0 aromatic carbocycles. The van der Waals surface area contributed by atoms with Gasteiger partial charge in [0.15, 0.2) is 0 Å². The summed E-state index contributed by atoms with van der Waals surface area (Å²) in [6.45, 7) is 0. The van der Waals surface area contributed by atoms with Crippen LogP contribution in [0.1, 0.15) is 10.5 Å². The Hall–Kier alpha value is -2.37. The third-order valence-corrected chi connectivity index (χ3v) is 1.93. The van der Waals surface area contributed by atoms with Gasteiger partial charge in [-0.2, -0.15) is 0 Å². The van der Waals surface area contributed by atoms with Gasteiger partial charge in [0.2, 0.25) is 0 Å². The van der Waals surface area contributed by atoms with Crippen molar-refractivity contribution in [2.45, 2.75) is 0 Å². The first kappa shape index (κ1) is 10.2. The maximum Gasteiger partial charge on any atom is 0.274 e. The Balaban J connectivity index is 2.14. The number of amides is 1. The Kier molecular flexibility index (Phi) is 2.81. The van der Waals surface area contributed by atoms with Gasteiger partial charge in [0.05, 0.1) is 6.20 Å². The van der Waals surface area contributed by atoms with Crippen LogP contribution in [0.15, 0.2) is 35.2 Å². The van der Waals surface area contributed by atoms with Crippen LogP contribution in [-0.2, 0) is 0 Å². The summed E-state index contributed by atoms with van der Waals surface area (Å²) in [4.78, 5) is 15.8. The van der Waals surface area contributed by atoms with Crippen LogP contribution in [0.2, 0.25) is 0 Å². The Morgan fingerprint density at radius 2 is 2.31 bits per heavy atom. The van der Waals surface area contributed by atoms with E-state index in [-0.39, 0.29) is 5.91 Å². The first-order valence-corrected chi connectivity index (χ1v) is 4.65. The molecule has 0 saturated carbocycles. The van der Waals surface area contributed by atoms with Crippen molar-refractivity contribution in [1.82, 2.24) is 10.1 Å². The molecule has 16 heavy (non-hydrogen) atoms. The molecule has 0 aliphatic heterocycles. The number of aromatic nitrogens is 2. The van der Waals surface area contributed by atoms with E-state index in [2.05, 4.69) is 25.3 Å². The molecule has 0 spiro atoms. The summed E-state index contributed by atoms with van der Waals surface area (Å²) < 4.78 is 4.60. The van der Waals surface area contributed by atoms with Crippen molar-refractivity contribution in [3.8, 4) is 0 Å². The molecule has 2 rings (SSSR count). The number of rotatable bonds is 3. The number of nitrogens with one attached hydrogen (secondary N) is 2. The fraction of sp³-hybridized carbons (Fsp3) is 0.100. The van der Waals surface area contributed by atoms with E-state index in [1.807, 2.05) is 0 Å². The molecule has 82 valence electrons. The van der Waals surface area contributed by atoms with Crippen molar-refractivity contribution in [3.05, 3.63) is 36.4 Å². The first-order chi connectivity index (χ1) is 7.79. The van der Waals surface area contributed by atoms with Gasteiger partial charge < -0.3 is 15.2 Å². The average Bonchev–Trinajstić information content (AvgIpc) is 2.82. The minimum Gasteiger partial charge on any atom is -0.373 e. The number of hydrogen-bond acceptors (Lipinski definition) is 5. The Morgan fingerprint density at radius 1 is 1.44 bits per heavy atom. The predicted octanol–water partition coefficient (Wildman–Crippen LogP) is 1.36. The molecular formula is C10H10N4O2. The highest BCUT2D eigenvalue weighted by molar-refractivity contribution is 6.02. The highest BCUT2D eigenvalue weighted by Crippen LogP contribution is 2.08. The highest BCUT2D eigenvalue weighted by Gasteiger charge is 2.08. The molecule has 2 aromatic rings. The predicted molar refractivity (Wildman–Crippen MR) is 58.2 cm³/mol. The van der Waals surface area contributed by atoms with Crippen LogP contribution in [0.4, 0.5) is 11.5 Å². The molecule has 2 heterocycles. The monoisotopic (exact) mass is 218 g/mol. The molecule has 0 bridgehead atoms. The van der Waals surface area contributed by atoms with Crippen LogP contribution >= 0.6 is 0 Å². The molecule has 6 heteroatoms. The Bertz CT molecular complexity index is 481. The summed E-state index contributed by atoms with van der Waals surface area (Å²) in [5.74, 6) is 0.332.